The number of carbonyl (C=O) groups is 1. The van der Waals surface area contributed by atoms with Gasteiger partial charge >= 0.3 is 0 Å². The normalized spacial score (nSPS) is 10.4. The molecule has 0 bridgehead atoms. The maximum absolute atomic E-state index is 12.1. The zero-order valence-electron chi connectivity index (χ0n) is 11.8. The van der Waals surface area contributed by atoms with Crippen LogP contribution in [0.15, 0.2) is 36.4 Å². The molecule has 5 heteroatoms. The Bertz CT molecular complexity index is 627. The molecule has 0 atom stereocenters. The minimum Gasteiger partial charge on any atom is -0.508 e. The molecule has 0 aliphatic carbocycles. The van der Waals surface area contributed by atoms with Gasteiger partial charge in [0.25, 0.3) is 5.91 Å². The lowest BCUT2D eigenvalue weighted by atomic mass is 10.1. The van der Waals surface area contributed by atoms with Crippen molar-refractivity contribution in [1.82, 2.24) is 10.3 Å². The number of pyridine rings is 1. The van der Waals surface area contributed by atoms with E-state index in [4.69, 9.17) is 11.6 Å². The number of rotatable bonds is 5. The first-order valence-corrected chi connectivity index (χ1v) is 7.19. The molecular weight excluding hydrogens is 288 g/mol. The zero-order valence-corrected chi connectivity index (χ0v) is 12.5. The second kappa shape index (κ2) is 7.09. The predicted molar refractivity (Wildman–Crippen MR) is 82.8 cm³/mol. The van der Waals surface area contributed by atoms with Gasteiger partial charge < -0.3 is 10.4 Å². The standard InChI is InChI=1S/C16H17ClN2O2/c1-2-13-9-12(10-15(17)19-13)16(21)18-8-7-11-3-5-14(20)6-4-11/h3-6,9-10,20H,2,7-8H2,1H3,(H,18,21). The van der Waals surface area contributed by atoms with E-state index in [1.54, 1.807) is 24.3 Å². The first kappa shape index (κ1) is 15.3. The van der Waals surface area contributed by atoms with Crippen LogP contribution < -0.4 is 5.32 Å². The summed E-state index contributed by atoms with van der Waals surface area (Å²) in [5.74, 6) is 0.0779. The second-order valence-corrected chi connectivity index (χ2v) is 5.08. The summed E-state index contributed by atoms with van der Waals surface area (Å²) in [5.41, 5.74) is 2.37. The molecule has 0 radical (unpaired) electrons. The van der Waals surface area contributed by atoms with E-state index in [1.807, 2.05) is 19.1 Å². The third kappa shape index (κ3) is 4.46. The number of amides is 1. The molecule has 21 heavy (non-hydrogen) atoms. The van der Waals surface area contributed by atoms with E-state index < -0.39 is 0 Å². The molecule has 1 amide bonds. The summed E-state index contributed by atoms with van der Waals surface area (Å²) in [6, 6.07) is 10.2. The number of aromatic nitrogens is 1. The molecule has 1 aromatic carbocycles. The highest BCUT2D eigenvalue weighted by Gasteiger charge is 2.08. The first-order chi connectivity index (χ1) is 10.1. The smallest absolute Gasteiger partial charge is 0.251 e. The molecule has 0 saturated carbocycles. The van der Waals surface area contributed by atoms with Crippen molar-refractivity contribution < 1.29 is 9.90 Å². The van der Waals surface area contributed by atoms with E-state index in [0.717, 1.165) is 17.7 Å². The SMILES string of the molecule is CCc1cc(C(=O)NCCc2ccc(O)cc2)cc(Cl)n1. The highest BCUT2D eigenvalue weighted by molar-refractivity contribution is 6.29. The van der Waals surface area contributed by atoms with Crippen LogP contribution in [0.5, 0.6) is 5.75 Å². The van der Waals surface area contributed by atoms with Gasteiger partial charge in [0.05, 0.1) is 0 Å². The number of phenols is 1. The molecule has 2 rings (SSSR count). The summed E-state index contributed by atoms with van der Waals surface area (Å²) in [6.45, 7) is 2.48. The number of aryl methyl sites for hydroxylation is 1. The maximum Gasteiger partial charge on any atom is 0.251 e. The van der Waals surface area contributed by atoms with Gasteiger partial charge in [0.1, 0.15) is 10.9 Å². The Morgan fingerprint density at radius 2 is 2.00 bits per heavy atom. The molecule has 1 heterocycles. The monoisotopic (exact) mass is 304 g/mol. The Kier molecular flexibility index (Phi) is 5.17. The summed E-state index contributed by atoms with van der Waals surface area (Å²) in [6.07, 6.45) is 1.43. The number of benzene rings is 1. The van der Waals surface area contributed by atoms with Gasteiger partial charge in [-0.1, -0.05) is 30.7 Å². The molecule has 0 aliphatic rings. The van der Waals surface area contributed by atoms with Crippen LogP contribution in [0.1, 0.15) is 28.5 Å². The molecule has 1 aromatic heterocycles. The zero-order chi connectivity index (χ0) is 15.2. The van der Waals surface area contributed by atoms with Crippen LogP contribution in [-0.4, -0.2) is 22.5 Å². The lowest BCUT2D eigenvalue weighted by Crippen LogP contribution is -2.25. The van der Waals surface area contributed by atoms with Gasteiger partial charge in [-0.3, -0.25) is 4.79 Å². The first-order valence-electron chi connectivity index (χ1n) is 6.81. The van der Waals surface area contributed by atoms with E-state index >= 15 is 0 Å². The van der Waals surface area contributed by atoms with Crippen LogP contribution in [0.2, 0.25) is 5.15 Å². The van der Waals surface area contributed by atoms with Crippen molar-refractivity contribution in [2.45, 2.75) is 19.8 Å². The molecule has 110 valence electrons. The lowest BCUT2D eigenvalue weighted by molar-refractivity contribution is 0.0954. The number of hydrogen-bond acceptors (Lipinski definition) is 3. The van der Waals surface area contributed by atoms with Gasteiger partial charge in [-0.15, -0.1) is 0 Å². The quantitative estimate of drug-likeness (QED) is 0.835. The van der Waals surface area contributed by atoms with Crippen molar-refractivity contribution in [3.63, 3.8) is 0 Å². The number of halogens is 1. The molecule has 0 fully saturated rings. The summed E-state index contributed by atoms with van der Waals surface area (Å²) >= 11 is 5.90. The topological polar surface area (TPSA) is 62.2 Å². The van der Waals surface area contributed by atoms with Crippen LogP contribution in [0.4, 0.5) is 0 Å². The van der Waals surface area contributed by atoms with Gasteiger partial charge in [0.15, 0.2) is 0 Å². The molecule has 0 saturated heterocycles. The molecular formula is C16H17ClN2O2. The van der Waals surface area contributed by atoms with Crippen LogP contribution in [0, 0.1) is 0 Å². The Morgan fingerprint density at radius 1 is 1.29 bits per heavy atom. The maximum atomic E-state index is 12.1. The molecule has 2 N–H and O–H groups in total. The van der Waals surface area contributed by atoms with Crippen molar-refractivity contribution in [2.24, 2.45) is 0 Å². The number of carbonyl (C=O) groups excluding carboxylic acids is 1. The van der Waals surface area contributed by atoms with Gasteiger partial charge in [0.2, 0.25) is 0 Å². The van der Waals surface area contributed by atoms with Crippen molar-refractivity contribution in [3.05, 3.63) is 58.4 Å². The minimum absolute atomic E-state index is 0.159. The average Bonchev–Trinajstić information content (AvgIpc) is 2.48. The number of nitrogens with zero attached hydrogens (tertiary/aromatic N) is 1. The highest BCUT2D eigenvalue weighted by atomic mass is 35.5. The van der Waals surface area contributed by atoms with Crippen LogP contribution in [0.25, 0.3) is 0 Å². The predicted octanol–water partition coefficient (Wildman–Crippen LogP) is 2.98. The van der Waals surface area contributed by atoms with E-state index in [1.165, 1.54) is 0 Å². The number of hydrogen-bond donors (Lipinski definition) is 2. The number of phenolic OH excluding ortho intramolecular Hbond substituents is 1. The van der Waals surface area contributed by atoms with Gasteiger partial charge in [-0.05, 0) is 42.7 Å². The highest BCUT2D eigenvalue weighted by Crippen LogP contribution is 2.12. The van der Waals surface area contributed by atoms with Crippen LogP contribution >= 0.6 is 11.6 Å². The van der Waals surface area contributed by atoms with E-state index in [2.05, 4.69) is 10.3 Å². The summed E-state index contributed by atoms with van der Waals surface area (Å²) in [4.78, 5) is 16.2. The van der Waals surface area contributed by atoms with Crippen molar-refractivity contribution in [1.29, 1.82) is 0 Å². The Morgan fingerprint density at radius 3 is 2.67 bits per heavy atom. The summed E-state index contributed by atoms with van der Waals surface area (Å²) in [5, 5.41) is 12.4. The fourth-order valence-electron chi connectivity index (χ4n) is 1.95. The fraction of sp³-hybridized carbons (Fsp3) is 0.250. The largest absolute Gasteiger partial charge is 0.508 e. The van der Waals surface area contributed by atoms with Gasteiger partial charge in [-0.25, -0.2) is 4.98 Å². The summed E-state index contributed by atoms with van der Waals surface area (Å²) < 4.78 is 0. The molecule has 4 nitrogen and oxygen atoms in total. The third-order valence-corrected chi connectivity index (χ3v) is 3.30. The van der Waals surface area contributed by atoms with Gasteiger partial charge in [0, 0.05) is 17.8 Å². The number of aromatic hydroxyl groups is 1. The fourth-order valence-corrected chi connectivity index (χ4v) is 2.17. The van der Waals surface area contributed by atoms with E-state index in [-0.39, 0.29) is 11.7 Å². The number of nitrogens with one attached hydrogen (secondary N) is 1. The lowest BCUT2D eigenvalue weighted by Gasteiger charge is -2.07. The van der Waals surface area contributed by atoms with Crippen molar-refractivity contribution in [3.8, 4) is 5.75 Å². The Labute approximate surface area is 128 Å². The molecule has 0 aliphatic heterocycles. The molecule has 0 spiro atoms. The third-order valence-electron chi connectivity index (χ3n) is 3.11. The van der Waals surface area contributed by atoms with Crippen molar-refractivity contribution >= 4 is 17.5 Å². The average molecular weight is 305 g/mol. The summed E-state index contributed by atoms with van der Waals surface area (Å²) in [7, 11) is 0. The van der Waals surface area contributed by atoms with E-state index in [9.17, 15) is 9.90 Å². The second-order valence-electron chi connectivity index (χ2n) is 4.70. The van der Waals surface area contributed by atoms with Crippen molar-refractivity contribution in [2.75, 3.05) is 6.54 Å². The van der Waals surface area contributed by atoms with Crippen LogP contribution in [-0.2, 0) is 12.8 Å². The molecule has 0 unspecified atom stereocenters. The minimum atomic E-state index is -0.159. The Balaban J connectivity index is 1.92. The van der Waals surface area contributed by atoms with E-state index in [0.29, 0.717) is 23.7 Å². The van der Waals surface area contributed by atoms with Gasteiger partial charge in [-0.2, -0.15) is 0 Å². The van der Waals surface area contributed by atoms with Crippen LogP contribution in [0.3, 0.4) is 0 Å². The molecule has 2 aromatic rings. The Hall–Kier alpha value is -2.07.